The van der Waals surface area contributed by atoms with E-state index in [1.807, 2.05) is 6.92 Å². The molecule has 23 heavy (non-hydrogen) atoms. The van der Waals surface area contributed by atoms with Gasteiger partial charge >= 0.3 is 0 Å². The molecule has 3 rings (SSSR count). The highest BCUT2D eigenvalue weighted by Gasteiger charge is 2.47. The summed E-state index contributed by atoms with van der Waals surface area (Å²) in [6, 6.07) is 8.47. The predicted molar refractivity (Wildman–Crippen MR) is 85.4 cm³/mol. The quantitative estimate of drug-likeness (QED) is 0.829. The van der Waals surface area contributed by atoms with Crippen LogP contribution in [0.25, 0.3) is 0 Å². The van der Waals surface area contributed by atoms with Gasteiger partial charge in [0, 0.05) is 21.3 Å². The van der Waals surface area contributed by atoms with E-state index in [4.69, 9.17) is 23.7 Å². The Morgan fingerprint density at radius 1 is 0.870 bits per heavy atom. The second-order valence-electron chi connectivity index (χ2n) is 6.25. The molecule has 1 aliphatic carbocycles. The van der Waals surface area contributed by atoms with Crippen LogP contribution in [0.3, 0.4) is 0 Å². The fraction of sp³-hybridized carbons (Fsp3) is 0.667. The van der Waals surface area contributed by atoms with Crippen molar-refractivity contribution in [1.29, 1.82) is 0 Å². The fourth-order valence-electron chi connectivity index (χ4n) is 3.73. The summed E-state index contributed by atoms with van der Waals surface area (Å²) in [5.74, 6) is 0. The van der Waals surface area contributed by atoms with Gasteiger partial charge in [0.05, 0.1) is 12.2 Å². The van der Waals surface area contributed by atoms with Crippen molar-refractivity contribution >= 4 is 0 Å². The van der Waals surface area contributed by atoms with Crippen molar-refractivity contribution in [1.82, 2.24) is 0 Å². The lowest BCUT2D eigenvalue weighted by Gasteiger charge is -2.44. The number of hydrogen-bond acceptors (Lipinski definition) is 5. The first-order valence-corrected chi connectivity index (χ1v) is 8.14. The lowest BCUT2D eigenvalue weighted by atomic mass is 9.99. The summed E-state index contributed by atoms with van der Waals surface area (Å²) in [4.78, 5) is 0. The summed E-state index contributed by atoms with van der Waals surface area (Å²) < 4.78 is 29.0. The van der Waals surface area contributed by atoms with E-state index < -0.39 is 6.29 Å². The maximum atomic E-state index is 6.25. The van der Waals surface area contributed by atoms with Crippen molar-refractivity contribution in [2.24, 2.45) is 0 Å². The van der Waals surface area contributed by atoms with Gasteiger partial charge in [0.15, 0.2) is 6.29 Å². The summed E-state index contributed by atoms with van der Waals surface area (Å²) >= 11 is 0. The van der Waals surface area contributed by atoms with Crippen LogP contribution in [-0.2, 0) is 36.5 Å². The number of benzene rings is 1. The average molecular weight is 322 g/mol. The summed E-state index contributed by atoms with van der Waals surface area (Å²) in [5.41, 5.74) is 2.71. The Labute approximate surface area is 137 Å². The Morgan fingerprint density at radius 2 is 1.43 bits per heavy atom. The molecule has 0 saturated carbocycles. The van der Waals surface area contributed by atoms with Crippen molar-refractivity contribution in [3.63, 3.8) is 0 Å². The van der Waals surface area contributed by atoms with Crippen LogP contribution >= 0.6 is 0 Å². The molecule has 1 aliphatic heterocycles. The van der Waals surface area contributed by atoms with E-state index in [0.717, 1.165) is 12.8 Å². The Balaban J connectivity index is 1.70. The van der Waals surface area contributed by atoms with Crippen LogP contribution in [-0.4, -0.2) is 58.1 Å². The van der Waals surface area contributed by atoms with Crippen molar-refractivity contribution in [2.75, 3.05) is 21.3 Å². The van der Waals surface area contributed by atoms with Gasteiger partial charge in [0.1, 0.15) is 18.3 Å². The number of hydrogen-bond donors (Lipinski definition) is 0. The molecule has 0 aromatic heterocycles. The third-order valence-corrected chi connectivity index (χ3v) is 4.88. The molecule has 0 radical (unpaired) electrons. The Hall–Kier alpha value is -0.980. The molecule has 128 valence electrons. The van der Waals surface area contributed by atoms with E-state index in [0.29, 0.717) is 0 Å². The van der Waals surface area contributed by atoms with Gasteiger partial charge in [-0.3, -0.25) is 0 Å². The van der Waals surface area contributed by atoms with E-state index in [9.17, 15) is 0 Å². The van der Waals surface area contributed by atoms with Gasteiger partial charge in [-0.25, -0.2) is 0 Å². The topological polar surface area (TPSA) is 46.2 Å². The first kappa shape index (κ1) is 16.9. The van der Waals surface area contributed by atoms with Crippen LogP contribution in [0, 0.1) is 0 Å². The zero-order valence-corrected chi connectivity index (χ0v) is 14.2. The molecule has 5 heteroatoms. The Kier molecular flexibility index (Phi) is 5.34. The minimum Gasteiger partial charge on any atom is -0.376 e. The van der Waals surface area contributed by atoms with E-state index in [1.54, 1.807) is 21.3 Å². The molecular formula is C18H26O5. The molecule has 1 heterocycles. The summed E-state index contributed by atoms with van der Waals surface area (Å²) in [7, 11) is 4.99. The normalized spacial score (nSPS) is 34.5. The molecule has 5 atom stereocenters. The molecule has 5 unspecified atom stereocenters. The molecule has 1 saturated heterocycles. The third-order valence-electron chi connectivity index (χ3n) is 4.88. The molecular weight excluding hydrogens is 296 g/mol. The molecule has 1 fully saturated rings. The van der Waals surface area contributed by atoms with E-state index in [2.05, 4.69) is 24.3 Å². The average Bonchev–Trinajstić information content (AvgIpc) is 2.96. The highest BCUT2D eigenvalue weighted by Crippen LogP contribution is 2.31. The van der Waals surface area contributed by atoms with E-state index in [1.165, 1.54) is 11.1 Å². The number of rotatable bonds is 5. The second kappa shape index (κ2) is 7.28. The smallest absolute Gasteiger partial charge is 0.187 e. The molecule has 1 aromatic rings. The summed E-state index contributed by atoms with van der Waals surface area (Å²) in [6.07, 6.45) is 0.644. The zero-order chi connectivity index (χ0) is 16.4. The first-order chi connectivity index (χ1) is 11.2. The molecule has 5 nitrogen and oxygen atoms in total. The Bertz CT molecular complexity index is 495. The van der Waals surface area contributed by atoms with Crippen LogP contribution in [0.2, 0.25) is 0 Å². The van der Waals surface area contributed by atoms with Crippen LogP contribution in [0.15, 0.2) is 24.3 Å². The highest BCUT2D eigenvalue weighted by atomic mass is 16.7. The maximum absolute atomic E-state index is 6.25. The third kappa shape index (κ3) is 3.30. The van der Waals surface area contributed by atoms with Crippen molar-refractivity contribution in [2.45, 2.75) is 56.6 Å². The van der Waals surface area contributed by atoms with Crippen molar-refractivity contribution < 1.29 is 23.7 Å². The number of fused-ring (bicyclic) bond motifs is 1. The summed E-state index contributed by atoms with van der Waals surface area (Å²) in [5, 5.41) is 0. The SMILES string of the molecule is COC1C(C)OC(OC2Cc3ccccc3C2)C(OC)C1OC. The van der Waals surface area contributed by atoms with Gasteiger partial charge < -0.3 is 23.7 Å². The van der Waals surface area contributed by atoms with Crippen LogP contribution < -0.4 is 0 Å². The largest absolute Gasteiger partial charge is 0.376 e. The van der Waals surface area contributed by atoms with Gasteiger partial charge in [-0.15, -0.1) is 0 Å². The monoisotopic (exact) mass is 322 g/mol. The molecule has 0 bridgehead atoms. The van der Waals surface area contributed by atoms with Crippen molar-refractivity contribution in [3.8, 4) is 0 Å². The molecule has 1 aromatic carbocycles. The predicted octanol–water partition coefficient (Wildman–Crippen LogP) is 1.96. The van der Waals surface area contributed by atoms with E-state index >= 15 is 0 Å². The van der Waals surface area contributed by atoms with Gasteiger partial charge in [-0.05, 0) is 30.9 Å². The molecule has 2 aliphatic rings. The van der Waals surface area contributed by atoms with Crippen LogP contribution in [0.5, 0.6) is 0 Å². The standard InChI is InChI=1S/C18H26O5/c1-11-15(19-2)16(20-3)17(21-4)18(22-11)23-14-9-12-7-5-6-8-13(12)10-14/h5-8,11,14-18H,9-10H2,1-4H3. The van der Waals surface area contributed by atoms with Gasteiger partial charge in [-0.1, -0.05) is 24.3 Å². The van der Waals surface area contributed by atoms with Gasteiger partial charge in [0.25, 0.3) is 0 Å². The number of methoxy groups -OCH3 is 3. The van der Waals surface area contributed by atoms with E-state index in [-0.39, 0.29) is 30.5 Å². The maximum Gasteiger partial charge on any atom is 0.187 e. The minimum absolute atomic E-state index is 0.110. The summed E-state index contributed by atoms with van der Waals surface area (Å²) in [6.45, 7) is 1.98. The number of ether oxygens (including phenoxy) is 5. The molecule has 0 spiro atoms. The fourth-order valence-corrected chi connectivity index (χ4v) is 3.73. The Morgan fingerprint density at radius 3 is 1.96 bits per heavy atom. The minimum atomic E-state index is -0.453. The van der Waals surface area contributed by atoms with Gasteiger partial charge in [-0.2, -0.15) is 0 Å². The molecule has 0 N–H and O–H groups in total. The second-order valence-corrected chi connectivity index (χ2v) is 6.25. The van der Waals surface area contributed by atoms with Gasteiger partial charge in [0.2, 0.25) is 0 Å². The lowest BCUT2D eigenvalue weighted by Crippen LogP contribution is -2.59. The van der Waals surface area contributed by atoms with Crippen molar-refractivity contribution in [3.05, 3.63) is 35.4 Å². The molecule has 0 amide bonds. The lowest BCUT2D eigenvalue weighted by molar-refractivity contribution is -0.314. The first-order valence-electron chi connectivity index (χ1n) is 8.14. The highest BCUT2D eigenvalue weighted by molar-refractivity contribution is 5.32. The van der Waals surface area contributed by atoms with Crippen LogP contribution in [0.1, 0.15) is 18.1 Å². The zero-order valence-electron chi connectivity index (χ0n) is 14.2. The van der Waals surface area contributed by atoms with Crippen LogP contribution in [0.4, 0.5) is 0 Å².